The molecule has 4 rings (SSSR count). The number of H-pyrrole nitrogens is 1. The van der Waals surface area contributed by atoms with Gasteiger partial charge in [-0.2, -0.15) is 0 Å². The molecule has 0 saturated carbocycles. The number of amides is 1. The number of aromatic nitrogens is 1. The molecule has 7 heteroatoms. The summed E-state index contributed by atoms with van der Waals surface area (Å²) in [6.45, 7) is 1.46. The van der Waals surface area contributed by atoms with Crippen molar-refractivity contribution in [3.63, 3.8) is 0 Å². The monoisotopic (exact) mass is 406 g/mol. The molecule has 2 aromatic rings. The summed E-state index contributed by atoms with van der Waals surface area (Å²) in [5, 5.41) is 17.1. The Morgan fingerprint density at radius 3 is 2.67 bits per heavy atom. The fourth-order valence-corrected chi connectivity index (χ4v) is 4.06. The summed E-state index contributed by atoms with van der Waals surface area (Å²) in [5.41, 5.74) is 4.50. The lowest BCUT2D eigenvalue weighted by Crippen LogP contribution is -2.19. The van der Waals surface area contributed by atoms with Gasteiger partial charge in [-0.25, -0.2) is 0 Å². The molecule has 0 saturated heterocycles. The summed E-state index contributed by atoms with van der Waals surface area (Å²) in [6.07, 6.45) is 6.68. The Hall–Kier alpha value is -3.16. The zero-order chi connectivity index (χ0) is 21.4. The molecule has 0 unspecified atom stereocenters. The van der Waals surface area contributed by atoms with Crippen LogP contribution >= 0.6 is 0 Å². The van der Waals surface area contributed by atoms with Crippen LogP contribution in [0, 0.1) is 0 Å². The van der Waals surface area contributed by atoms with Gasteiger partial charge in [0.15, 0.2) is 5.78 Å². The number of rotatable bonds is 7. The second kappa shape index (κ2) is 7.93. The van der Waals surface area contributed by atoms with Gasteiger partial charge in [0.05, 0.1) is 16.8 Å². The minimum Gasteiger partial charge on any atom is -0.507 e. The van der Waals surface area contributed by atoms with Crippen molar-refractivity contribution in [2.45, 2.75) is 12.8 Å². The van der Waals surface area contributed by atoms with E-state index in [0.29, 0.717) is 35.4 Å². The molecule has 30 heavy (non-hydrogen) atoms. The summed E-state index contributed by atoms with van der Waals surface area (Å²) >= 11 is 0. The zero-order valence-electron chi connectivity index (χ0n) is 17.4. The number of carbonyl (C=O) groups excluding carboxylic acids is 2. The van der Waals surface area contributed by atoms with Crippen molar-refractivity contribution in [2.75, 3.05) is 34.2 Å². The van der Waals surface area contributed by atoms with Crippen molar-refractivity contribution in [1.82, 2.24) is 20.5 Å². The first-order valence-corrected chi connectivity index (χ1v) is 10.1. The van der Waals surface area contributed by atoms with Crippen molar-refractivity contribution in [2.24, 2.45) is 0 Å². The summed E-state index contributed by atoms with van der Waals surface area (Å²) in [7, 11) is 5.83. The highest BCUT2D eigenvalue weighted by Gasteiger charge is 2.35. The number of allylic oxidation sites excluding steroid dienone is 4. The second-order valence-corrected chi connectivity index (χ2v) is 7.90. The van der Waals surface area contributed by atoms with Gasteiger partial charge >= 0.3 is 0 Å². The smallest absolute Gasteiger partial charge is 0.252 e. The lowest BCUT2D eigenvalue weighted by Gasteiger charge is -2.15. The molecule has 0 bridgehead atoms. The van der Waals surface area contributed by atoms with Crippen LogP contribution in [-0.2, 0) is 16.0 Å². The molecule has 0 radical (unpaired) electrons. The molecule has 0 spiro atoms. The minimum atomic E-state index is -0.212. The molecule has 1 aromatic heterocycles. The summed E-state index contributed by atoms with van der Waals surface area (Å²) in [4.78, 5) is 31.1. The number of phenols is 1. The number of hydrogen-bond donors (Lipinski definition) is 4. The van der Waals surface area contributed by atoms with E-state index in [4.69, 9.17) is 0 Å². The van der Waals surface area contributed by atoms with Gasteiger partial charge in [0.25, 0.3) is 5.91 Å². The molecular formula is C23H26N4O3. The molecule has 2 heterocycles. The average Bonchev–Trinajstić information content (AvgIpc) is 3.28. The van der Waals surface area contributed by atoms with E-state index in [0.717, 1.165) is 35.0 Å². The summed E-state index contributed by atoms with van der Waals surface area (Å²) in [5.74, 6) is -0.194. The van der Waals surface area contributed by atoms with E-state index >= 15 is 0 Å². The Morgan fingerprint density at radius 2 is 1.93 bits per heavy atom. The first-order valence-electron chi connectivity index (χ1n) is 10.1. The van der Waals surface area contributed by atoms with E-state index in [1.807, 2.05) is 27.3 Å². The molecule has 7 nitrogen and oxygen atoms in total. The molecule has 1 aliphatic carbocycles. The predicted molar refractivity (Wildman–Crippen MR) is 117 cm³/mol. The largest absolute Gasteiger partial charge is 0.507 e. The Balaban J connectivity index is 1.78. The van der Waals surface area contributed by atoms with Crippen molar-refractivity contribution in [3.8, 4) is 5.75 Å². The zero-order valence-corrected chi connectivity index (χ0v) is 17.4. The van der Waals surface area contributed by atoms with Gasteiger partial charge in [0.1, 0.15) is 5.75 Å². The number of nitrogens with one attached hydrogen (secondary N) is 3. The lowest BCUT2D eigenvalue weighted by molar-refractivity contribution is -0.116. The van der Waals surface area contributed by atoms with Crippen LogP contribution in [0.1, 0.15) is 17.5 Å². The van der Waals surface area contributed by atoms with Crippen molar-refractivity contribution in [3.05, 3.63) is 58.5 Å². The molecular weight excluding hydrogens is 380 g/mol. The van der Waals surface area contributed by atoms with Crippen LogP contribution in [0.3, 0.4) is 0 Å². The number of fused-ring (bicyclic) bond motifs is 2. The van der Waals surface area contributed by atoms with E-state index < -0.39 is 0 Å². The number of Topliss-reactive ketones (excluding diaryl/α,β-unsaturated/α-hetero) is 1. The topological polar surface area (TPSA) is 97.5 Å². The number of benzene rings is 1. The van der Waals surface area contributed by atoms with Crippen LogP contribution in [0.15, 0.2) is 47.3 Å². The Bertz CT molecular complexity index is 1130. The molecule has 2 aliphatic rings. The SMILES string of the molecule is CNCCC1=C2C(=O)C(c3ccc(O)c4c(CCN(C)C)c[nH]c34)=CC=C2NC1=O. The van der Waals surface area contributed by atoms with Gasteiger partial charge in [0, 0.05) is 34.8 Å². The molecule has 4 N–H and O–H groups in total. The average molecular weight is 406 g/mol. The number of phenolic OH excluding ortho intramolecular Hbond substituents is 1. The van der Waals surface area contributed by atoms with E-state index in [1.54, 1.807) is 24.3 Å². The number of likely N-dealkylation sites (N-methyl/N-ethyl adjacent to an activating group) is 1. The molecule has 0 atom stereocenters. The van der Waals surface area contributed by atoms with Crippen LogP contribution in [-0.4, -0.2) is 60.9 Å². The van der Waals surface area contributed by atoms with Gasteiger partial charge in [-0.1, -0.05) is 0 Å². The van der Waals surface area contributed by atoms with Gasteiger partial charge in [-0.05, 0) is 70.4 Å². The van der Waals surface area contributed by atoms with E-state index in [9.17, 15) is 14.7 Å². The third-order valence-electron chi connectivity index (χ3n) is 5.62. The highest BCUT2D eigenvalue weighted by molar-refractivity contribution is 6.36. The Labute approximate surface area is 175 Å². The molecule has 0 fully saturated rings. The van der Waals surface area contributed by atoms with Crippen molar-refractivity contribution >= 4 is 28.2 Å². The normalized spacial score (nSPS) is 16.3. The fraction of sp³-hybridized carbons (Fsp3) is 0.304. The summed E-state index contributed by atoms with van der Waals surface area (Å²) in [6, 6.07) is 3.39. The quantitative estimate of drug-likeness (QED) is 0.563. The van der Waals surface area contributed by atoms with Crippen LogP contribution in [0.5, 0.6) is 5.75 Å². The van der Waals surface area contributed by atoms with Gasteiger partial charge in [0.2, 0.25) is 0 Å². The number of ketones is 1. The van der Waals surface area contributed by atoms with E-state index in [2.05, 4.69) is 20.5 Å². The van der Waals surface area contributed by atoms with Gasteiger partial charge in [-0.3, -0.25) is 9.59 Å². The predicted octanol–water partition coefficient (Wildman–Crippen LogP) is 1.86. The molecule has 1 amide bonds. The van der Waals surface area contributed by atoms with Gasteiger partial charge < -0.3 is 25.6 Å². The van der Waals surface area contributed by atoms with E-state index in [-0.39, 0.29) is 17.4 Å². The van der Waals surface area contributed by atoms with Crippen molar-refractivity contribution < 1.29 is 14.7 Å². The maximum atomic E-state index is 13.4. The third-order valence-corrected chi connectivity index (χ3v) is 5.62. The summed E-state index contributed by atoms with van der Waals surface area (Å²) < 4.78 is 0. The van der Waals surface area contributed by atoms with Crippen LogP contribution in [0.2, 0.25) is 0 Å². The minimum absolute atomic E-state index is 0.173. The van der Waals surface area contributed by atoms with Gasteiger partial charge in [-0.15, -0.1) is 0 Å². The second-order valence-electron chi connectivity index (χ2n) is 7.90. The number of carbonyl (C=O) groups is 2. The lowest BCUT2D eigenvalue weighted by atomic mass is 9.87. The third kappa shape index (κ3) is 3.36. The Morgan fingerprint density at radius 1 is 1.13 bits per heavy atom. The first-order chi connectivity index (χ1) is 14.4. The molecule has 156 valence electrons. The van der Waals surface area contributed by atoms with Crippen LogP contribution < -0.4 is 10.6 Å². The van der Waals surface area contributed by atoms with E-state index in [1.165, 1.54) is 0 Å². The highest BCUT2D eigenvalue weighted by atomic mass is 16.3. The van der Waals surface area contributed by atoms with Crippen LogP contribution in [0.4, 0.5) is 0 Å². The highest BCUT2D eigenvalue weighted by Crippen LogP contribution is 2.38. The Kier molecular flexibility index (Phi) is 5.32. The number of nitrogens with zero attached hydrogens (tertiary/aromatic N) is 1. The maximum Gasteiger partial charge on any atom is 0.252 e. The number of aromatic hydroxyl groups is 1. The molecule has 1 aromatic carbocycles. The van der Waals surface area contributed by atoms with Crippen LogP contribution in [0.25, 0.3) is 16.5 Å². The molecule has 1 aliphatic heterocycles. The standard InChI is InChI=1S/C23H26N4O3/c1-24-10-8-16-20-17(26-23(16)30)6-4-15(22(20)29)14-5-7-18(28)19-13(9-11-27(2)3)12-25-21(14)19/h4-7,12,24-25,28H,8-11H2,1-3H3,(H,26,30). The number of aromatic amines is 1. The maximum absolute atomic E-state index is 13.4. The number of hydrogen-bond acceptors (Lipinski definition) is 5. The van der Waals surface area contributed by atoms with Crippen molar-refractivity contribution in [1.29, 1.82) is 0 Å². The fourth-order valence-electron chi connectivity index (χ4n) is 4.06. The first kappa shape index (κ1) is 20.1.